The molecule has 2 aliphatic rings. The maximum Gasteiger partial charge on any atom is 0.228 e. The monoisotopic (exact) mass is 290 g/mol. The highest BCUT2D eigenvalue weighted by Gasteiger charge is 2.57. The highest BCUT2D eigenvalue weighted by atomic mass is 32.2. The van der Waals surface area contributed by atoms with Crippen LogP contribution in [0.2, 0.25) is 0 Å². The molecule has 1 unspecified atom stereocenters. The Morgan fingerprint density at radius 2 is 2.15 bits per heavy atom. The van der Waals surface area contributed by atoms with Crippen molar-refractivity contribution >= 4 is 23.4 Å². The third-order valence-electron chi connectivity index (χ3n) is 4.55. The predicted octanol–water partition coefficient (Wildman–Crippen LogP) is 3.13. The maximum absolute atomic E-state index is 12.5. The van der Waals surface area contributed by atoms with Crippen LogP contribution in [0.15, 0.2) is 29.2 Å². The number of rotatable bonds is 4. The number of hydrogen-bond acceptors (Lipinski definition) is 3. The third-order valence-corrected chi connectivity index (χ3v) is 5.51. The van der Waals surface area contributed by atoms with Crippen molar-refractivity contribution in [2.45, 2.75) is 31.1 Å². The Labute approximate surface area is 124 Å². The number of piperidine rings is 1. The van der Waals surface area contributed by atoms with Crippen molar-refractivity contribution in [3.63, 3.8) is 0 Å². The molecule has 1 atom stereocenters. The van der Waals surface area contributed by atoms with Crippen LogP contribution in [0.1, 0.15) is 26.2 Å². The summed E-state index contributed by atoms with van der Waals surface area (Å²) < 4.78 is 0. The van der Waals surface area contributed by atoms with Gasteiger partial charge < -0.3 is 10.6 Å². The van der Waals surface area contributed by atoms with Gasteiger partial charge in [-0.05, 0) is 55.7 Å². The normalized spacial score (nSPS) is 23.6. The molecule has 1 saturated heterocycles. The number of nitrogens with one attached hydrogen (secondary N) is 2. The summed E-state index contributed by atoms with van der Waals surface area (Å²) >= 11 is 1.78. The molecule has 0 radical (unpaired) electrons. The van der Waals surface area contributed by atoms with E-state index in [0.29, 0.717) is 5.41 Å². The summed E-state index contributed by atoms with van der Waals surface area (Å²) in [5, 5.41) is 6.53. The van der Waals surface area contributed by atoms with E-state index in [1.54, 1.807) is 11.8 Å². The van der Waals surface area contributed by atoms with Gasteiger partial charge >= 0.3 is 0 Å². The first kappa shape index (κ1) is 14.0. The number of thioether (sulfide) groups is 1. The minimum absolute atomic E-state index is 0.219. The molecule has 108 valence electrons. The molecule has 1 aliphatic carbocycles. The molecule has 1 saturated carbocycles. The quantitative estimate of drug-likeness (QED) is 0.837. The standard InChI is InChI=1S/C16H22N2OS/c1-2-20-14-6-4-3-5-13(14)18-15(19)12-11-16(12)7-9-17-10-8-16/h3-6,12,17H,2,7-11H2,1H3,(H,18,19). The van der Waals surface area contributed by atoms with Crippen LogP contribution >= 0.6 is 11.8 Å². The smallest absolute Gasteiger partial charge is 0.228 e. The summed E-state index contributed by atoms with van der Waals surface area (Å²) in [7, 11) is 0. The number of carbonyl (C=O) groups is 1. The van der Waals surface area contributed by atoms with E-state index < -0.39 is 0 Å². The molecule has 1 amide bonds. The lowest BCUT2D eigenvalue weighted by Crippen LogP contribution is -2.31. The second-order valence-electron chi connectivity index (χ2n) is 5.79. The maximum atomic E-state index is 12.5. The molecular formula is C16H22N2OS. The van der Waals surface area contributed by atoms with Crippen molar-refractivity contribution in [3.05, 3.63) is 24.3 Å². The fourth-order valence-electron chi connectivity index (χ4n) is 3.27. The van der Waals surface area contributed by atoms with Gasteiger partial charge in [-0.2, -0.15) is 0 Å². The summed E-state index contributed by atoms with van der Waals surface area (Å²) in [6, 6.07) is 8.10. The number of para-hydroxylation sites is 1. The van der Waals surface area contributed by atoms with Crippen molar-refractivity contribution < 1.29 is 4.79 Å². The van der Waals surface area contributed by atoms with E-state index in [0.717, 1.165) is 43.8 Å². The Morgan fingerprint density at radius 1 is 1.40 bits per heavy atom. The lowest BCUT2D eigenvalue weighted by molar-refractivity contribution is -0.118. The molecule has 0 aromatic heterocycles. The number of carbonyl (C=O) groups excluding carboxylic acids is 1. The van der Waals surface area contributed by atoms with E-state index in [2.05, 4.69) is 23.6 Å². The van der Waals surface area contributed by atoms with Gasteiger partial charge in [0.25, 0.3) is 0 Å². The van der Waals surface area contributed by atoms with Crippen molar-refractivity contribution in [1.29, 1.82) is 0 Å². The molecule has 3 rings (SSSR count). The molecule has 20 heavy (non-hydrogen) atoms. The molecule has 4 heteroatoms. The average molecular weight is 290 g/mol. The van der Waals surface area contributed by atoms with Gasteiger partial charge in [0.1, 0.15) is 0 Å². The molecular weight excluding hydrogens is 268 g/mol. The van der Waals surface area contributed by atoms with Crippen LogP contribution in [0.25, 0.3) is 0 Å². The van der Waals surface area contributed by atoms with Crippen molar-refractivity contribution in [3.8, 4) is 0 Å². The van der Waals surface area contributed by atoms with E-state index >= 15 is 0 Å². The van der Waals surface area contributed by atoms with Crippen LogP contribution in [-0.2, 0) is 4.79 Å². The number of benzene rings is 1. The lowest BCUT2D eigenvalue weighted by atomic mass is 9.92. The first-order valence-corrected chi connectivity index (χ1v) is 8.47. The summed E-state index contributed by atoms with van der Waals surface area (Å²) in [5.74, 6) is 1.46. The van der Waals surface area contributed by atoms with Crippen LogP contribution < -0.4 is 10.6 Å². The summed E-state index contributed by atoms with van der Waals surface area (Å²) in [5.41, 5.74) is 1.28. The minimum atomic E-state index is 0.219. The summed E-state index contributed by atoms with van der Waals surface area (Å²) in [6.45, 7) is 4.26. The lowest BCUT2D eigenvalue weighted by Gasteiger charge is -2.23. The van der Waals surface area contributed by atoms with Crippen LogP contribution in [0.5, 0.6) is 0 Å². The Balaban J connectivity index is 1.65. The fraction of sp³-hybridized carbons (Fsp3) is 0.562. The first-order valence-electron chi connectivity index (χ1n) is 7.48. The minimum Gasteiger partial charge on any atom is -0.325 e. The zero-order chi connectivity index (χ0) is 14.0. The predicted molar refractivity (Wildman–Crippen MR) is 84.1 cm³/mol. The van der Waals surface area contributed by atoms with Gasteiger partial charge in [-0.25, -0.2) is 0 Å². The van der Waals surface area contributed by atoms with E-state index in [1.165, 1.54) is 4.90 Å². The Bertz CT molecular complexity index is 497. The van der Waals surface area contributed by atoms with Gasteiger partial charge in [0.2, 0.25) is 5.91 Å². The fourth-order valence-corrected chi connectivity index (χ4v) is 4.03. The van der Waals surface area contributed by atoms with Crippen LogP contribution in [0, 0.1) is 11.3 Å². The topological polar surface area (TPSA) is 41.1 Å². The van der Waals surface area contributed by atoms with E-state index in [9.17, 15) is 4.79 Å². The molecule has 3 nitrogen and oxygen atoms in total. The molecule has 1 heterocycles. The molecule has 0 bridgehead atoms. The van der Waals surface area contributed by atoms with Gasteiger partial charge in [-0.1, -0.05) is 19.1 Å². The Morgan fingerprint density at radius 3 is 2.90 bits per heavy atom. The zero-order valence-electron chi connectivity index (χ0n) is 11.9. The average Bonchev–Trinajstić information content (AvgIpc) is 3.15. The van der Waals surface area contributed by atoms with Crippen LogP contribution in [-0.4, -0.2) is 24.7 Å². The van der Waals surface area contributed by atoms with E-state index in [-0.39, 0.29) is 11.8 Å². The summed E-state index contributed by atoms with van der Waals surface area (Å²) in [6.07, 6.45) is 3.37. The second-order valence-corrected chi connectivity index (χ2v) is 7.09. The Kier molecular flexibility index (Phi) is 4.03. The third kappa shape index (κ3) is 2.72. The highest BCUT2D eigenvalue weighted by Crippen LogP contribution is 2.58. The van der Waals surface area contributed by atoms with Crippen molar-refractivity contribution in [1.82, 2.24) is 5.32 Å². The SMILES string of the molecule is CCSc1ccccc1NC(=O)C1CC12CCNCC2. The number of hydrogen-bond donors (Lipinski definition) is 2. The van der Waals surface area contributed by atoms with Gasteiger partial charge in [-0.15, -0.1) is 11.8 Å². The molecule has 1 aliphatic heterocycles. The van der Waals surface area contributed by atoms with Gasteiger partial charge in [0, 0.05) is 10.8 Å². The highest BCUT2D eigenvalue weighted by molar-refractivity contribution is 7.99. The van der Waals surface area contributed by atoms with Gasteiger partial charge in [0.15, 0.2) is 0 Å². The summed E-state index contributed by atoms with van der Waals surface area (Å²) in [4.78, 5) is 13.6. The van der Waals surface area contributed by atoms with E-state index in [1.807, 2.05) is 18.2 Å². The number of anilines is 1. The van der Waals surface area contributed by atoms with Crippen molar-refractivity contribution in [2.24, 2.45) is 11.3 Å². The number of amides is 1. The molecule has 1 aromatic carbocycles. The molecule has 1 spiro atoms. The van der Waals surface area contributed by atoms with Crippen LogP contribution in [0.4, 0.5) is 5.69 Å². The van der Waals surface area contributed by atoms with Gasteiger partial charge in [-0.3, -0.25) is 4.79 Å². The zero-order valence-corrected chi connectivity index (χ0v) is 12.8. The second kappa shape index (κ2) is 5.78. The Hall–Kier alpha value is -1.00. The largest absolute Gasteiger partial charge is 0.325 e. The van der Waals surface area contributed by atoms with Crippen molar-refractivity contribution in [2.75, 3.05) is 24.2 Å². The first-order chi connectivity index (χ1) is 9.75. The van der Waals surface area contributed by atoms with E-state index in [4.69, 9.17) is 0 Å². The molecule has 2 fully saturated rings. The molecule has 2 N–H and O–H groups in total. The van der Waals surface area contributed by atoms with Gasteiger partial charge in [0.05, 0.1) is 5.69 Å². The molecule has 1 aromatic rings. The van der Waals surface area contributed by atoms with Crippen LogP contribution in [0.3, 0.4) is 0 Å².